The van der Waals surface area contributed by atoms with Crippen LogP contribution in [-0.4, -0.2) is 22.8 Å². The number of fused-ring (bicyclic) bond motifs is 1. The number of rotatable bonds is 4. The Morgan fingerprint density at radius 1 is 1.45 bits per heavy atom. The van der Waals surface area contributed by atoms with E-state index in [1.165, 1.54) is 5.56 Å². The number of hydrogen-bond acceptors (Lipinski definition) is 4. The zero-order chi connectivity index (χ0) is 13.9. The number of nitrogens with zero attached hydrogens (tertiary/aromatic N) is 1. The van der Waals surface area contributed by atoms with Crippen molar-refractivity contribution in [3.63, 3.8) is 0 Å². The molecular formula is C16H19NO2S. The van der Waals surface area contributed by atoms with Crippen LogP contribution in [-0.2, 0) is 6.42 Å². The first-order valence-electron chi connectivity index (χ1n) is 7.03. The summed E-state index contributed by atoms with van der Waals surface area (Å²) in [7, 11) is 0. The van der Waals surface area contributed by atoms with E-state index >= 15 is 0 Å². The average Bonchev–Trinajstić information content (AvgIpc) is 2.84. The fraction of sp³-hybridized carbons (Fsp3) is 0.438. The first-order chi connectivity index (χ1) is 9.72. The summed E-state index contributed by atoms with van der Waals surface area (Å²) in [5, 5.41) is 13.4. The Labute approximate surface area is 123 Å². The number of hydrogen-bond donors (Lipinski definition) is 1. The van der Waals surface area contributed by atoms with Crippen molar-refractivity contribution in [2.45, 2.75) is 38.2 Å². The molecule has 2 aromatic rings. The minimum Gasteiger partial charge on any atom is -0.493 e. The van der Waals surface area contributed by atoms with Gasteiger partial charge in [0, 0.05) is 17.5 Å². The number of benzene rings is 1. The molecule has 0 amide bonds. The van der Waals surface area contributed by atoms with Gasteiger partial charge in [-0.3, -0.25) is 0 Å². The second-order valence-corrected chi connectivity index (χ2v) is 6.29. The molecule has 0 radical (unpaired) electrons. The maximum Gasteiger partial charge on any atom is 0.122 e. The smallest absolute Gasteiger partial charge is 0.122 e. The van der Waals surface area contributed by atoms with Crippen LogP contribution >= 0.6 is 11.3 Å². The molecule has 2 unspecified atom stereocenters. The molecule has 0 bridgehead atoms. The van der Waals surface area contributed by atoms with Crippen molar-refractivity contribution in [3.05, 3.63) is 45.9 Å². The molecule has 106 valence electrons. The van der Waals surface area contributed by atoms with Crippen molar-refractivity contribution in [2.24, 2.45) is 0 Å². The predicted molar refractivity (Wildman–Crippen MR) is 80.5 cm³/mol. The van der Waals surface area contributed by atoms with Gasteiger partial charge in [-0.1, -0.05) is 18.2 Å². The number of ether oxygens (including phenoxy) is 1. The van der Waals surface area contributed by atoms with Gasteiger partial charge in [-0.2, -0.15) is 0 Å². The van der Waals surface area contributed by atoms with Crippen LogP contribution in [0.25, 0.3) is 0 Å². The number of aryl methyl sites for hydroxylation is 1. The van der Waals surface area contributed by atoms with Crippen LogP contribution in [0.1, 0.15) is 35.0 Å². The standard InChI is InChI=1S/C16H19NO2S/c1-11-10-20-16(17-11)9-13(18)8-12-6-7-19-15-5-3-2-4-14(12)15/h2-5,10,12-13,18H,6-9H2,1H3. The molecule has 1 N–H and O–H groups in total. The lowest BCUT2D eigenvalue weighted by molar-refractivity contribution is 0.143. The van der Waals surface area contributed by atoms with Crippen LogP contribution in [0.3, 0.4) is 0 Å². The van der Waals surface area contributed by atoms with Gasteiger partial charge in [0.25, 0.3) is 0 Å². The van der Waals surface area contributed by atoms with Gasteiger partial charge < -0.3 is 9.84 Å². The summed E-state index contributed by atoms with van der Waals surface area (Å²) in [6.45, 7) is 2.73. The van der Waals surface area contributed by atoms with E-state index in [1.807, 2.05) is 30.5 Å². The quantitative estimate of drug-likeness (QED) is 0.939. The molecular weight excluding hydrogens is 270 g/mol. The molecule has 0 spiro atoms. The van der Waals surface area contributed by atoms with Gasteiger partial charge >= 0.3 is 0 Å². The molecule has 0 saturated carbocycles. The Balaban J connectivity index is 1.66. The van der Waals surface area contributed by atoms with E-state index in [1.54, 1.807) is 11.3 Å². The van der Waals surface area contributed by atoms with Gasteiger partial charge in [0.15, 0.2) is 0 Å². The van der Waals surface area contributed by atoms with Crippen molar-refractivity contribution >= 4 is 11.3 Å². The second-order valence-electron chi connectivity index (χ2n) is 5.35. The maximum absolute atomic E-state index is 10.3. The molecule has 1 aromatic carbocycles. The van der Waals surface area contributed by atoms with Crippen molar-refractivity contribution in [1.29, 1.82) is 0 Å². The highest BCUT2D eigenvalue weighted by atomic mass is 32.1. The van der Waals surface area contributed by atoms with E-state index < -0.39 is 0 Å². The summed E-state index contributed by atoms with van der Waals surface area (Å²) in [6, 6.07) is 8.16. The first kappa shape index (κ1) is 13.6. The lowest BCUT2D eigenvalue weighted by Crippen LogP contribution is -2.20. The topological polar surface area (TPSA) is 42.4 Å². The highest BCUT2D eigenvalue weighted by Crippen LogP contribution is 2.36. The predicted octanol–water partition coefficient (Wildman–Crippen LogP) is 3.31. The van der Waals surface area contributed by atoms with E-state index in [-0.39, 0.29) is 6.10 Å². The van der Waals surface area contributed by atoms with Crippen LogP contribution in [0.5, 0.6) is 5.75 Å². The Kier molecular flexibility index (Phi) is 4.03. The second kappa shape index (κ2) is 5.94. The number of aromatic nitrogens is 1. The number of aliphatic hydroxyl groups excluding tert-OH is 1. The molecule has 0 fully saturated rings. The third-order valence-electron chi connectivity index (χ3n) is 3.72. The van der Waals surface area contributed by atoms with Gasteiger partial charge in [-0.25, -0.2) is 4.98 Å². The van der Waals surface area contributed by atoms with Crippen LogP contribution in [0.15, 0.2) is 29.6 Å². The third kappa shape index (κ3) is 3.02. The number of thiazole rings is 1. The first-order valence-corrected chi connectivity index (χ1v) is 7.91. The van der Waals surface area contributed by atoms with Crippen molar-refractivity contribution in [1.82, 2.24) is 4.98 Å². The Morgan fingerprint density at radius 3 is 3.10 bits per heavy atom. The van der Waals surface area contributed by atoms with E-state index in [4.69, 9.17) is 4.74 Å². The van der Waals surface area contributed by atoms with Crippen LogP contribution < -0.4 is 4.74 Å². The zero-order valence-corrected chi connectivity index (χ0v) is 12.4. The Bertz CT molecular complexity index is 581. The summed E-state index contributed by atoms with van der Waals surface area (Å²) >= 11 is 1.63. The van der Waals surface area contributed by atoms with Crippen molar-refractivity contribution in [3.8, 4) is 5.75 Å². The van der Waals surface area contributed by atoms with E-state index in [2.05, 4.69) is 11.1 Å². The monoisotopic (exact) mass is 289 g/mol. The largest absolute Gasteiger partial charge is 0.493 e. The van der Waals surface area contributed by atoms with Gasteiger partial charge in [0.05, 0.1) is 17.7 Å². The SMILES string of the molecule is Cc1csc(CC(O)CC2CCOc3ccccc32)n1. The molecule has 2 heterocycles. The van der Waals surface area contributed by atoms with Crippen molar-refractivity contribution in [2.75, 3.05) is 6.61 Å². The number of para-hydroxylation sites is 1. The molecule has 3 nitrogen and oxygen atoms in total. The summed E-state index contributed by atoms with van der Waals surface area (Å²) in [4.78, 5) is 4.42. The normalized spacial score (nSPS) is 19.2. The molecule has 1 aliphatic heterocycles. The molecule has 0 saturated heterocycles. The average molecular weight is 289 g/mol. The van der Waals surface area contributed by atoms with Gasteiger partial charge in [-0.15, -0.1) is 11.3 Å². The minimum atomic E-state index is -0.336. The van der Waals surface area contributed by atoms with Gasteiger partial charge in [0.2, 0.25) is 0 Å². The fourth-order valence-corrected chi connectivity index (χ4v) is 3.62. The lowest BCUT2D eigenvalue weighted by atomic mass is 9.87. The molecule has 4 heteroatoms. The van der Waals surface area contributed by atoms with Crippen molar-refractivity contribution < 1.29 is 9.84 Å². The third-order valence-corrected chi connectivity index (χ3v) is 4.71. The van der Waals surface area contributed by atoms with Crippen LogP contribution in [0.4, 0.5) is 0 Å². The fourth-order valence-electron chi connectivity index (χ4n) is 2.77. The summed E-state index contributed by atoms with van der Waals surface area (Å²) < 4.78 is 5.66. The maximum atomic E-state index is 10.3. The van der Waals surface area contributed by atoms with Gasteiger partial charge in [-0.05, 0) is 37.3 Å². The minimum absolute atomic E-state index is 0.336. The molecule has 2 atom stereocenters. The van der Waals surface area contributed by atoms with Crippen LogP contribution in [0.2, 0.25) is 0 Å². The highest BCUT2D eigenvalue weighted by molar-refractivity contribution is 7.09. The molecule has 20 heavy (non-hydrogen) atoms. The lowest BCUT2D eigenvalue weighted by Gasteiger charge is -2.27. The summed E-state index contributed by atoms with van der Waals surface area (Å²) in [5.41, 5.74) is 2.27. The Hall–Kier alpha value is -1.39. The summed E-state index contributed by atoms with van der Waals surface area (Å²) in [5.74, 6) is 1.36. The molecule has 1 aliphatic rings. The molecule has 0 aliphatic carbocycles. The number of aliphatic hydroxyl groups is 1. The zero-order valence-electron chi connectivity index (χ0n) is 11.6. The summed E-state index contributed by atoms with van der Waals surface area (Å²) in [6.07, 6.45) is 2.07. The Morgan fingerprint density at radius 2 is 2.30 bits per heavy atom. The van der Waals surface area contributed by atoms with E-state index in [0.29, 0.717) is 12.3 Å². The van der Waals surface area contributed by atoms with E-state index in [9.17, 15) is 5.11 Å². The van der Waals surface area contributed by atoms with Crippen LogP contribution in [0, 0.1) is 6.92 Å². The van der Waals surface area contributed by atoms with E-state index in [0.717, 1.165) is 35.9 Å². The highest BCUT2D eigenvalue weighted by Gasteiger charge is 2.24. The molecule has 3 rings (SSSR count). The van der Waals surface area contributed by atoms with Gasteiger partial charge in [0.1, 0.15) is 5.75 Å². The molecule has 1 aromatic heterocycles.